The van der Waals surface area contributed by atoms with Gasteiger partial charge in [-0.05, 0) is 28.1 Å². The van der Waals surface area contributed by atoms with E-state index in [4.69, 9.17) is 0 Å². The lowest BCUT2D eigenvalue weighted by molar-refractivity contribution is 1.30. The fourth-order valence-corrected chi connectivity index (χ4v) is 1.92. The zero-order valence-electron chi connectivity index (χ0n) is 6.07. The van der Waals surface area contributed by atoms with Crippen LogP contribution in [-0.4, -0.2) is 9.97 Å². The number of aromatic nitrogens is 2. The van der Waals surface area contributed by atoms with Gasteiger partial charge < -0.3 is 0 Å². The zero-order chi connectivity index (χ0) is 8.39. The first-order valence-electron chi connectivity index (χ1n) is 3.38. The molecule has 60 valence electrons. The molecule has 2 rings (SSSR count). The van der Waals surface area contributed by atoms with Gasteiger partial charge in [0.25, 0.3) is 0 Å². The third-order valence-corrected chi connectivity index (χ3v) is 2.80. The molecule has 0 fully saturated rings. The lowest BCUT2D eigenvalue weighted by Gasteiger charge is -1.91. The molecule has 2 aromatic rings. The molecule has 0 aliphatic carbocycles. The van der Waals surface area contributed by atoms with Crippen LogP contribution in [0.2, 0.25) is 0 Å². The highest BCUT2D eigenvalue weighted by Gasteiger charge is 2.00. The molecule has 0 spiro atoms. The molecule has 0 saturated heterocycles. The van der Waals surface area contributed by atoms with E-state index in [-0.39, 0.29) is 0 Å². The van der Waals surface area contributed by atoms with Crippen LogP contribution in [0.25, 0.3) is 11.3 Å². The Balaban J connectivity index is 2.45. The van der Waals surface area contributed by atoms with Crippen molar-refractivity contribution in [2.45, 2.75) is 0 Å². The van der Waals surface area contributed by atoms with Gasteiger partial charge in [0.15, 0.2) is 3.92 Å². The van der Waals surface area contributed by atoms with Crippen LogP contribution in [0.3, 0.4) is 0 Å². The van der Waals surface area contributed by atoms with E-state index in [1.807, 2.05) is 23.7 Å². The van der Waals surface area contributed by atoms with E-state index in [9.17, 15) is 0 Å². The van der Waals surface area contributed by atoms with Crippen LogP contribution in [0, 0.1) is 0 Å². The van der Waals surface area contributed by atoms with Crippen LogP contribution >= 0.6 is 27.3 Å². The number of thiazole rings is 1. The Morgan fingerprint density at radius 3 is 2.92 bits per heavy atom. The molecule has 2 nitrogen and oxygen atoms in total. The molecule has 0 saturated carbocycles. The fraction of sp³-hybridized carbons (Fsp3) is 0. The summed E-state index contributed by atoms with van der Waals surface area (Å²) in [5.41, 5.74) is 2.03. The average molecular weight is 241 g/mol. The molecule has 0 aliphatic heterocycles. The summed E-state index contributed by atoms with van der Waals surface area (Å²) in [6, 6.07) is 3.90. The van der Waals surface area contributed by atoms with Crippen LogP contribution in [0.5, 0.6) is 0 Å². The fourth-order valence-electron chi connectivity index (χ4n) is 0.899. The highest BCUT2D eigenvalue weighted by atomic mass is 79.9. The van der Waals surface area contributed by atoms with Gasteiger partial charge in [-0.3, -0.25) is 4.98 Å². The van der Waals surface area contributed by atoms with E-state index in [0.29, 0.717) is 0 Å². The zero-order valence-corrected chi connectivity index (χ0v) is 8.47. The van der Waals surface area contributed by atoms with Crippen molar-refractivity contribution in [2.75, 3.05) is 0 Å². The molecule has 4 heteroatoms. The molecule has 12 heavy (non-hydrogen) atoms. The van der Waals surface area contributed by atoms with Crippen LogP contribution in [0.15, 0.2) is 33.8 Å². The standard InChI is InChI=1S/C8H5BrN2S/c9-8-11-7(5-12-8)6-2-1-3-10-4-6/h1-5H. The molecule has 2 aromatic heterocycles. The monoisotopic (exact) mass is 240 g/mol. The van der Waals surface area contributed by atoms with Crippen molar-refractivity contribution in [1.82, 2.24) is 9.97 Å². The van der Waals surface area contributed by atoms with Crippen LogP contribution < -0.4 is 0 Å². The topological polar surface area (TPSA) is 25.8 Å². The number of pyridine rings is 1. The molecule has 2 heterocycles. The van der Waals surface area contributed by atoms with Gasteiger partial charge in [-0.2, -0.15) is 0 Å². The lowest BCUT2D eigenvalue weighted by Crippen LogP contribution is -1.77. The lowest BCUT2D eigenvalue weighted by atomic mass is 10.2. The molecular weight excluding hydrogens is 236 g/mol. The second kappa shape index (κ2) is 3.33. The Morgan fingerprint density at radius 2 is 2.33 bits per heavy atom. The molecule has 0 aromatic carbocycles. The van der Waals surface area contributed by atoms with E-state index in [2.05, 4.69) is 25.9 Å². The van der Waals surface area contributed by atoms with Gasteiger partial charge in [0.2, 0.25) is 0 Å². The van der Waals surface area contributed by atoms with Crippen molar-refractivity contribution >= 4 is 27.3 Å². The summed E-state index contributed by atoms with van der Waals surface area (Å²) >= 11 is 4.89. The van der Waals surface area contributed by atoms with Crippen molar-refractivity contribution in [3.63, 3.8) is 0 Å². The smallest absolute Gasteiger partial charge is 0.159 e. The second-order valence-electron chi connectivity index (χ2n) is 2.23. The number of hydrogen-bond acceptors (Lipinski definition) is 3. The Morgan fingerprint density at radius 1 is 1.42 bits per heavy atom. The van der Waals surface area contributed by atoms with E-state index >= 15 is 0 Å². The van der Waals surface area contributed by atoms with Crippen molar-refractivity contribution in [2.24, 2.45) is 0 Å². The number of rotatable bonds is 1. The van der Waals surface area contributed by atoms with Crippen LogP contribution in [0.1, 0.15) is 0 Å². The van der Waals surface area contributed by atoms with Gasteiger partial charge >= 0.3 is 0 Å². The van der Waals surface area contributed by atoms with Crippen molar-refractivity contribution in [1.29, 1.82) is 0 Å². The maximum atomic E-state index is 4.28. The molecule has 0 radical (unpaired) electrons. The maximum Gasteiger partial charge on any atom is 0.159 e. The molecule has 0 amide bonds. The highest BCUT2D eigenvalue weighted by molar-refractivity contribution is 9.11. The average Bonchev–Trinajstić information content (AvgIpc) is 2.54. The van der Waals surface area contributed by atoms with Gasteiger partial charge in [0.05, 0.1) is 5.69 Å². The first-order valence-corrected chi connectivity index (χ1v) is 5.05. The number of halogens is 1. The van der Waals surface area contributed by atoms with Gasteiger partial charge in [-0.1, -0.05) is 0 Å². The summed E-state index contributed by atoms with van der Waals surface area (Å²) in [7, 11) is 0. The Bertz CT molecular complexity index is 372. The minimum atomic E-state index is 0.904. The van der Waals surface area contributed by atoms with E-state index in [1.165, 1.54) is 0 Å². The third kappa shape index (κ3) is 1.54. The van der Waals surface area contributed by atoms with Crippen molar-refractivity contribution in [3.8, 4) is 11.3 Å². The van der Waals surface area contributed by atoms with E-state index in [0.717, 1.165) is 15.2 Å². The SMILES string of the molecule is Brc1nc(-c2cccnc2)cs1. The normalized spacial score (nSPS) is 10.1. The molecule has 0 bridgehead atoms. The van der Waals surface area contributed by atoms with E-state index < -0.39 is 0 Å². The molecule has 0 atom stereocenters. The number of nitrogens with zero attached hydrogens (tertiary/aromatic N) is 2. The molecule has 0 unspecified atom stereocenters. The van der Waals surface area contributed by atoms with Crippen LogP contribution in [-0.2, 0) is 0 Å². The second-order valence-corrected chi connectivity index (χ2v) is 4.36. The minimum absolute atomic E-state index is 0.904. The van der Waals surface area contributed by atoms with Gasteiger partial charge in [0, 0.05) is 23.3 Å². The number of hydrogen-bond donors (Lipinski definition) is 0. The van der Waals surface area contributed by atoms with Crippen molar-refractivity contribution in [3.05, 3.63) is 33.8 Å². The first-order chi connectivity index (χ1) is 5.86. The quantitative estimate of drug-likeness (QED) is 0.767. The Kier molecular flexibility index (Phi) is 2.19. The van der Waals surface area contributed by atoms with Gasteiger partial charge in [-0.15, -0.1) is 11.3 Å². The van der Waals surface area contributed by atoms with Gasteiger partial charge in [-0.25, -0.2) is 4.98 Å². The van der Waals surface area contributed by atoms with Crippen LogP contribution in [0.4, 0.5) is 0 Å². The summed E-state index contributed by atoms with van der Waals surface area (Å²) in [5.74, 6) is 0. The predicted molar refractivity (Wildman–Crippen MR) is 53.0 cm³/mol. The Labute approximate surface area is 82.4 Å². The molecule has 0 aliphatic rings. The molecular formula is C8H5BrN2S. The summed E-state index contributed by atoms with van der Waals surface area (Å²) < 4.78 is 0.904. The maximum absolute atomic E-state index is 4.28. The van der Waals surface area contributed by atoms with Crippen molar-refractivity contribution < 1.29 is 0 Å². The first kappa shape index (κ1) is 7.89. The minimum Gasteiger partial charge on any atom is -0.264 e. The third-order valence-electron chi connectivity index (χ3n) is 1.43. The molecule has 0 N–H and O–H groups in total. The largest absolute Gasteiger partial charge is 0.264 e. The Hall–Kier alpha value is -0.740. The summed E-state index contributed by atoms with van der Waals surface area (Å²) in [5, 5.41) is 2.00. The predicted octanol–water partition coefficient (Wildman–Crippen LogP) is 2.97. The summed E-state index contributed by atoms with van der Waals surface area (Å²) in [4.78, 5) is 8.30. The van der Waals surface area contributed by atoms with Gasteiger partial charge in [0.1, 0.15) is 0 Å². The van der Waals surface area contributed by atoms with E-state index in [1.54, 1.807) is 17.5 Å². The summed E-state index contributed by atoms with van der Waals surface area (Å²) in [6.07, 6.45) is 3.56. The summed E-state index contributed by atoms with van der Waals surface area (Å²) in [6.45, 7) is 0. The highest BCUT2D eigenvalue weighted by Crippen LogP contribution is 2.23.